The summed E-state index contributed by atoms with van der Waals surface area (Å²) in [5, 5.41) is 10.9. The smallest absolute Gasteiger partial charge is 0.161 e. The monoisotopic (exact) mass is 327 g/mol. The number of aliphatic hydroxyl groups excluding tert-OH is 1. The van der Waals surface area contributed by atoms with Crippen molar-refractivity contribution in [2.45, 2.75) is 45.1 Å². The Morgan fingerprint density at radius 3 is 2.91 bits per heavy atom. The third-order valence-corrected chi connectivity index (χ3v) is 4.53. The van der Waals surface area contributed by atoms with Crippen LogP contribution in [-0.4, -0.2) is 43.4 Å². The number of aliphatic hydroxyl groups is 1. The summed E-state index contributed by atoms with van der Waals surface area (Å²) in [5.41, 5.74) is 1.69. The molecule has 2 aliphatic rings. The molecule has 3 rings (SSSR count). The largest absolute Gasteiger partial charge is 0.493 e. The normalized spacial score (nSPS) is 38.5. The molecule has 1 N–H and O–H groups in total. The number of piperidine rings is 1. The number of ether oxygens (including phenoxy) is 2. The van der Waals surface area contributed by atoms with Crippen LogP contribution in [0.2, 0.25) is 0 Å². The predicted octanol–water partition coefficient (Wildman–Crippen LogP) is 3.03. The first-order valence-electron chi connectivity index (χ1n) is 11.8. The van der Waals surface area contributed by atoms with Gasteiger partial charge in [0.1, 0.15) is 0 Å². The van der Waals surface area contributed by atoms with Crippen molar-refractivity contribution in [3.05, 3.63) is 23.3 Å². The molecular formula is C19H29NO3. The minimum absolute atomic E-state index is 0.00322. The van der Waals surface area contributed by atoms with E-state index in [1.54, 1.807) is 6.07 Å². The summed E-state index contributed by atoms with van der Waals surface area (Å²) < 4.78 is 76.4. The summed E-state index contributed by atoms with van der Waals surface area (Å²) in [5.74, 6) is -3.32. The number of rotatable bonds is 4. The summed E-state index contributed by atoms with van der Waals surface area (Å²) in [7, 11) is 3.02. The number of nitrogens with zero attached hydrogens (tertiary/aromatic N) is 1. The van der Waals surface area contributed by atoms with E-state index in [1.165, 1.54) is 19.1 Å². The molecule has 128 valence electrons. The fraction of sp³-hybridized carbons (Fsp3) is 0.684. The number of fused-ring (bicyclic) bond motifs is 3. The van der Waals surface area contributed by atoms with E-state index in [-0.39, 0.29) is 13.0 Å². The molecule has 2 aliphatic heterocycles. The lowest BCUT2D eigenvalue weighted by molar-refractivity contribution is -0.0191. The second-order valence-electron chi connectivity index (χ2n) is 6.04. The predicted molar refractivity (Wildman–Crippen MR) is 91.1 cm³/mol. The van der Waals surface area contributed by atoms with Gasteiger partial charge in [-0.1, -0.05) is 13.8 Å². The van der Waals surface area contributed by atoms with Crippen LogP contribution in [-0.2, 0) is 6.42 Å². The zero-order chi connectivity index (χ0) is 23.6. The molecule has 2 heterocycles. The summed E-state index contributed by atoms with van der Waals surface area (Å²) in [6.45, 7) is -4.19. The van der Waals surface area contributed by atoms with Gasteiger partial charge < -0.3 is 14.6 Å². The van der Waals surface area contributed by atoms with Crippen molar-refractivity contribution in [1.82, 2.24) is 4.90 Å². The van der Waals surface area contributed by atoms with Crippen LogP contribution in [0.5, 0.6) is 11.5 Å². The quantitative estimate of drug-likeness (QED) is 0.923. The first-order chi connectivity index (χ1) is 14.1. The highest BCUT2D eigenvalue weighted by atomic mass is 16.5. The van der Waals surface area contributed by atoms with Gasteiger partial charge in [0.05, 0.1) is 20.3 Å². The molecule has 0 spiro atoms. The number of hydrogen-bond donors (Lipinski definition) is 1. The van der Waals surface area contributed by atoms with Gasteiger partial charge in [0.25, 0.3) is 0 Å². The molecule has 0 bridgehead atoms. The Balaban J connectivity index is 2.06. The van der Waals surface area contributed by atoms with E-state index >= 15 is 0 Å². The molecule has 1 aromatic rings. The van der Waals surface area contributed by atoms with E-state index in [2.05, 4.69) is 0 Å². The first-order valence-corrected chi connectivity index (χ1v) is 7.81. The van der Waals surface area contributed by atoms with E-state index in [4.69, 9.17) is 20.4 Å². The van der Waals surface area contributed by atoms with Crippen molar-refractivity contribution in [2.75, 3.05) is 27.3 Å². The fourth-order valence-corrected chi connectivity index (χ4v) is 3.43. The van der Waals surface area contributed by atoms with Gasteiger partial charge in [0, 0.05) is 30.0 Å². The van der Waals surface area contributed by atoms with Crippen LogP contribution in [0.15, 0.2) is 12.1 Å². The minimum Gasteiger partial charge on any atom is -0.493 e. The Morgan fingerprint density at radius 2 is 2.22 bits per heavy atom. The number of benzene rings is 1. The molecule has 4 atom stereocenters. The van der Waals surface area contributed by atoms with Crippen molar-refractivity contribution in [1.29, 1.82) is 0 Å². The van der Waals surface area contributed by atoms with Gasteiger partial charge in [-0.2, -0.15) is 0 Å². The maximum atomic E-state index is 10.9. The molecule has 4 heteroatoms. The first kappa shape index (κ1) is 9.28. The Kier molecular flexibility index (Phi) is 2.70. The summed E-state index contributed by atoms with van der Waals surface area (Å²) in [4.78, 5) is 1.48. The van der Waals surface area contributed by atoms with Crippen LogP contribution in [0.25, 0.3) is 0 Å². The lowest BCUT2D eigenvalue weighted by Crippen LogP contribution is -2.48. The zero-order valence-corrected chi connectivity index (χ0v) is 13.7. The molecular weight excluding hydrogens is 290 g/mol. The topological polar surface area (TPSA) is 41.9 Å². The van der Waals surface area contributed by atoms with Crippen molar-refractivity contribution in [3.8, 4) is 11.5 Å². The lowest BCUT2D eigenvalue weighted by atomic mass is 9.79. The SMILES string of the molecule is [2H]C1([2H])C(C([2H])([2H])C([2H])(C)C([2H])([2H])[2H])C(O)CC2c3cc(OC)c(OC)cc3CCN21. The van der Waals surface area contributed by atoms with Crippen LogP contribution >= 0.6 is 0 Å². The van der Waals surface area contributed by atoms with Gasteiger partial charge in [-0.05, 0) is 54.3 Å². The van der Waals surface area contributed by atoms with E-state index in [0.717, 1.165) is 18.1 Å². The van der Waals surface area contributed by atoms with Crippen LogP contribution in [0.3, 0.4) is 0 Å². The molecule has 1 fully saturated rings. The molecule has 4 nitrogen and oxygen atoms in total. The van der Waals surface area contributed by atoms with Crippen molar-refractivity contribution < 1.29 is 25.5 Å². The van der Waals surface area contributed by atoms with Crippen LogP contribution in [0.4, 0.5) is 0 Å². The Labute approximate surface area is 150 Å². The van der Waals surface area contributed by atoms with Crippen molar-refractivity contribution >= 4 is 0 Å². The third kappa shape index (κ3) is 3.20. The Bertz CT molecular complexity index is 842. The highest BCUT2D eigenvalue weighted by Crippen LogP contribution is 2.43. The van der Waals surface area contributed by atoms with E-state index < -0.39 is 43.7 Å². The van der Waals surface area contributed by atoms with Gasteiger partial charge in [0.15, 0.2) is 11.5 Å². The summed E-state index contributed by atoms with van der Waals surface area (Å²) >= 11 is 0. The molecule has 0 aromatic heterocycles. The fourth-order valence-electron chi connectivity index (χ4n) is 3.43. The molecule has 4 unspecified atom stereocenters. The zero-order valence-electron chi connectivity index (χ0n) is 21.7. The van der Waals surface area contributed by atoms with Crippen LogP contribution in [0, 0.1) is 11.8 Å². The van der Waals surface area contributed by atoms with E-state index in [0.29, 0.717) is 17.9 Å². The summed E-state index contributed by atoms with van der Waals surface area (Å²) in [6.07, 6.45) is -3.85. The molecule has 23 heavy (non-hydrogen) atoms. The molecule has 0 saturated carbocycles. The van der Waals surface area contributed by atoms with Gasteiger partial charge >= 0.3 is 0 Å². The standard InChI is InChI=1S/C19H29NO3/c1-12(2)7-14-11-20-6-5-13-8-18(22-3)19(23-4)9-15(13)16(20)10-17(14)21/h8-9,12,14,16-17,21H,5-7,10-11H2,1-4H3/i1D3,7D2,11D2,12D. The number of methoxy groups -OCH3 is 2. The molecule has 1 aromatic carbocycles. The molecule has 0 amide bonds. The molecule has 1 saturated heterocycles. The number of hydrogen-bond acceptors (Lipinski definition) is 4. The van der Waals surface area contributed by atoms with Gasteiger partial charge in [-0.3, -0.25) is 4.90 Å². The average Bonchev–Trinajstić information content (AvgIpc) is 2.64. The maximum Gasteiger partial charge on any atom is 0.161 e. The maximum absolute atomic E-state index is 10.9. The highest BCUT2D eigenvalue weighted by Gasteiger charge is 2.38. The van der Waals surface area contributed by atoms with Crippen molar-refractivity contribution in [3.63, 3.8) is 0 Å². The molecule has 0 radical (unpaired) electrons. The van der Waals surface area contributed by atoms with Crippen molar-refractivity contribution in [2.24, 2.45) is 11.8 Å². The van der Waals surface area contributed by atoms with E-state index in [9.17, 15) is 5.11 Å². The Morgan fingerprint density at radius 1 is 1.48 bits per heavy atom. The second kappa shape index (κ2) is 6.70. The summed E-state index contributed by atoms with van der Waals surface area (Å²) in [6, 6.07) is 3.03. The average molecular weight is 327 g/mol. The van der Waals surface area contributed by atoms with Crippen LogP contribution < -0.4 is 9.47 Å². The van der Waals surface area contributed by atoms with Gasteiger partial charge in [0.2, 0.25) is 0 Å². The lowest BCUT2D eigenvalue weighted by Gasteiger charge is -2.46. The minimum atomic E-state index is -3.00. The second-order valence-corrected chi connectivity index (χ2v) is 6.04. The molecule has 0 aliphatic carbocycles. The third-order valence-electron chi connectivity index (χ3n) is 4.53. The van der Waals surface area contributed by atoms with Gasteiger partial charge in [-0.15, -0.1) is 0 Å². The van der Waals surface area contributed by atoms with Gasteiger partial charge in [-0.25, -0.2) is 0 Å². The van der Waals surface area contributed by atoms with E-state index in [1.807, 2.05) is 6.07 Å². The Hall–Kier alpha value is -1.26. The highest BCUT2D eigenvalue weighted by molar-refractivity contribution is 5.49. The van der Waals surface area contributed by atoms with Crippen LogP contribution in [0.1, 0.15) is 54.7 Å².